The standard InChI is InChI=1S/C29H47N3O8/c1-22-14-16-24(17-15-22)25(12-9-11-20-36-6)32-37-21-19-31-27(34)39-23(2)38-26(33)13-8-7-10-18-30-28(35)40-29(3,4)5/h14-17,23H,7-13,18-21H2,1-6H3,(H,30,35)(H,31,34)/b32-25+. The number of benzene rings is 1. The van der Waals surface area contributed by atoms with Crippen molar-refractivity contribution < 1.29 is 38.2 Å². The highest BCUT2D eigenvalue weighted by atomic mass is 16.7. The topological polar surface area (TPSA) is 134 Å². The summed E-state index contributed by atoms with van der Waals surface area (Å²) in [6.45, 7) is 10.4. The Morgan fingerprint density at radius 2 is 1.52 bits per heavy atom. The quantitative estimate of drug-likeness (QED) is 0.0812. The average molecular weight is 566 g/mol. The molecule has 0 saturated carbocycles. The van der Waals surface area contributed by atoms with Crippen molar-refractivity contribution in [2.75, 3.05) is 33.4 Å². The zero-order chi connectivity index (χ0) is 29.8. The van der Waals surface area contributed by atoms with Gasteiger partial charge in [-0.1, -0.05) is 41.4 Å². The number of alkyl carbamates (subject to hydrolysis) is 2. The maximum atomic E-state index is 12.0. The summed E-state index contributed by atoms with van der Waals surface area (Å²) >= 11 is 0. The molecule has 0 aliphatic carbocycles. The minimum Gasteiger partial charge on any atom is -0.444 e. The second-order valence-corrected chi connectivity index (χ2v) is 10.3. The van der Waals surface area contributed by atoms with Crippen molar-refractivity contribution in [3.05, 3.63) is 35.4 Å². The molecule has 0 heterocycles. The third-order valence-corrected chi connectivity index (χ3v) is 5.33. The largest absolute Gasteiger partial charge is 0.444 e. The summed E-state index contributed by atoms with van der Waals surface area (Å²) in [6.07, 6.45) is 2.56. The molecule has 1 aromatic carbocycles. The molecule has 11 heteroatoms. The molecule has 40 heavy (non-hydrogen) atoms. The summed E-state index contributed by atoms with van der Waals surface area (Å²) in [7, 11) is 1.68. The van der Waals surface area contributed by atoms with Gasteiger partial charge in [0, 0.05) is 33.6 Å². The lowest BCUT2D eigenvalue weighted by atomic mass is 10.0. The number of nitrogens with one attached hydrogen (secondary N) is 2. The summed E-state index contributed by atoms with van der Waals surface area (Å²) in [5.74, 6) is -0.466. The number of carbonyl (C=O) groups is 3. The summed E-state index contributed by atoms with van der Waals surface area (Å²) in [5.41, 5.74) is 2.44. The van der Waals surface area contributed by atoms with E-state index in [1.54, 1.807) is 27.9 Å². The first kappa shape index (κ1) is 34.7. The van der Waals surface area contributed by atoms with E-state index in [1.165, 1.54) is 6.92 Å². The van der Waals surface area contributed by atoms with Gasteiger partial charge in [-0.3, -0.25) is 4.79 Å². The van der Waals surface area contributed by atoms with Crippen LogP contribution in [0.25, 0.3) is 0 Å². The molecule has 0 aliphatic heterocycles. The zero-order valence-corrected chi connectivity index (χ0v) is 24.9. The van der Waals surface area contributed by atoms with Crippen LogP contribution in [0.2, 0.25) is 0 Å². The molecule has 0 aromatic heterocycles. The first-order valence-corrected chi connectivity index (χ1v) is 13.9. The predicted molar refractivity (Wildman–Crippen MR) is 152 cm³/mol. The van der Waals surface area contributed by atoms with Gasteiger partial charge in [0.2, 0.25) is 6.29 Å². The molecule has 1 unspecified atom stereocenters. The van der Waals surface area contributed by atoms with E-state index < -0.39 is 30.0 Å². The highest BCUT2D eigenvalue weighted by molar-refractivity contribution is 6.00. The Hall–Kier alpha value is -3.34. The highest BCUT2D eigenvalue weighted by Gasteiger charge is 2.16. The average Bonchev–Trinajstić information content (AvgIpc) is 2.86. The lowest BCUT2D eigenvalue weighted by Gasteiger charge is -2.19. The number of ether oxygens (including phenoxy) is 4. The van der Waals surface area contributed by atoms with E-state index in [-0.39, 0.29) is 19.6 Å². The van der Waals surface area contributed by atoms with Gasteiger partial charge in [0.25, 0.3) is 0 Å². The maximum absolute atomic E-state index is 12.0. The van der Waals surface area contributed by atoms with E-state index in [0.717, 1.165) is 42.5 Å². The molecule has 2 amide bonds. The monoisotopic (exact) mass is 565 g/mol. The van der Waals surface area contributed by atoms with Crippen LogP contribution in [0.1, 0.15) is 83.8 Å². The minimum absolute atomic E-state index is 0.152. The Balaban J connectivity index is 2.23. The molecule has 0 bridgehead atoms. The third-order valence-electron chi connectivity index (χ3n) is 5.33. The molecule has 0 fully saturated rings. The number of unbranched alkanes of at least 4 members (excludes halogenated alkanes) is 3. The highest BCUT2D eigenvalue weighted by Crippen LogP contribution is 2.11. The van der Waals surface area contributed by atoms with Crippen LogP contribution >= 0.6 is 0 Å². The van der Waals surface area contributed by atoms with Crippen LogP contribution in [0.3, 0.4) is 0 Å². The molecule has 1 rings (SSSR count). The molecule has 0 spiro atoms. The van der Waals surface area contributed by atoms with Crippen molar-refractivity contribution in [3.8, 4) is 0 Å². The summed E-state index contributed by atoms with van der Waals surface area (Å²) in [5, 5.41) is 9.50. The van der Waals surface area contributed by atoms with Crippen molar-refractivity contribution in [3.63, 3.8) is 0 Å². The van der Waals surface area contributed by atoms with Crippen LogP contribution in [-0.4, -0.2) is 69.2 Å². The number of hydrogen-bond acceptors (Lipinski definition) is 9. The number of carbonyl (C=O) groups excluding carboxylic acids is 3. The van der Waals surface area contributed by atoms with E-state index in [1.807, 2.05) is 31.2 Å². The SMILES string of the molecule is COCCCC/C(=N\OCCNC(=O)OC(C)OC(=O)CCCCCNC(=O)OC(C)(C)C)c1ccc(C)cc1. The van der Waals surface area contributed by atoms with Gasteiger partial charge in [-0.2, -0.15) is 0 Å². The Kier molecular flexibility index (Phi) is 17.1. The van der Waals surface area contributed by atoms with Gasteiger partial charge in [0.15, 0.2) is 0 Å². The Morgan fingerprint density at radius 1 is 0.850 bits per heavy atom. The Morgan fingerprint density at radius 3 is 2.20 bits per heavy atom. The Bertz CT molecular complexity index is 913. The molecule has 1 aromatic rings. The predicted octanol–water partition coefficient (Wildman–Crippen LogP) is 5.23. The van der Waals surface area contributed by atoms with E-state index >= 15 is 0 Å². The normalized spacial score (nSPS) is 12.3. The fraction of sp³-hybridized carbons (Fsp3) is 0.655. The summed E-state index contributed by atoms with van der Waals surface area (Å²) in [6, 6.07) is 8.07. The molecule has 226 valence electrons. The molecule has 0 radical (unpaired) electrons. The van der Waals surface area contributed by atoms with Gasteiger partial charge in [-0.25, -0.2) is 9.59 Å². The lowest BCUT2D eigenvalue weighted by Crippen LogP contribution is -2.33. The fourth-order valence-electron chi connectivity index (χ4n) is 3.39. The zero-order valence-electron chi connectivity index (χ0n) is 24.9. The van der Waals surface area contributed by atoms with Gasteiger partial charge >= 0.3 is 18.2 Å². The second kappa shape index (κ2) is 19.7. The van der Waals surface area contributed by atoms with Crippen molar-refractivity contribution in [1.29, 1.82) is 0 Å². The van der Waals surface area contributed by atoms with Gasteiger partial charge < -0.3 is 34.4 Å². The molecular formula is C29H47N3O8. The second-order valence-electron chi connectivity index (χ2n) is 10.3. The van der Waals surface area contributed by atoms with Gasteiger partial charge in [-0.15, -0.1) is 0 Å². The lowest BCUT2D eigenvalue weighted by molar-refractivity contribution is -0.165. The van der Waals surface area contributed by atoms with Crippen LogP contribution in [0, 0.1) is 6.92 Å². The smallest absolute Gasteiger partial charge is 0.410 e. The molecule has 0 saturated heterocycles. The van der Waals surface area contributed by atoms with Crippen molar-refractivity contribution >= 4 is 23.9 Å². The third kappa shape index (κ3) is 18.0. The van der Waals surface area contributed by atoms with Crippen LogP contribution in [0.4, 0.5) is 9.59 Å². The maximum Gasteiger partial charge on any atom is 0.410 e. The number of nitrogens with zero attached hydrogens (tertiary/aromatic N) is 1. The first-order valence-electron chi connectivity index (χ1n) is 13.9. The van der Waals surface area contributed by atoms with Crippen molar-refractivity contribution in [2.45, 2.75) is 91.5 Å². The number of rotatable bonds is 18. The number of esters is 1. The van der Waals surface area contributed by atoms with E-state index in [0.29, 0.717) is 26.0 Å². The number of methoxy groups -OCH3 is 1. The minimum atomic E-state index is -1.03. The number of hydrogen-bond donors (Lipinski definition) is 2. The van der Waals surface area contributed by atoms with Crippen LogP contribution in [-0.2, 0) is 28.6 Å². The van der Waals surface area contributed by atoms with Gasteiger partial charge in [-0.05, 0) is 65.4 Å². The van der Waals surface area contributed by atoms with Crippen molar-refractivity contribution in [2.24, 2.45) is 5.16 Å². The molecule has 1 atom stereocenters. The first-order chi connectivity index (χ1) is 19.0. The fourth-order valence-corrected chi connectivity index (χ4v) is 3.39. The van der Waals surface area contributed by atoms with Crippen LogP contribution < -0.4 is 10.6 Å². The number of oxime groups is 1. The number of amides is 2. The van der Waals surface area contributed by atoms with E-state index in [4.69, 9.17) is 23.8 Å². The van der Waals surface area contributed by atoms with E-state index in [2.05, 4.69) is 15.8 Å². The number of aryl methyl sites for hydroxylation is 1. The summed E-state index contributed by atoms with van der Waals surface area (Å²) < 4.78 is 20.4. The molecule has 11 nitrogen and oxygen atoms in total. The van der Waals surface area contributed by atoms with Gasteiger partial charge in [0.05, 0.1) is 12.3 Å². The van der Waals surface area contributed by atoms with Crippen molar-refractivity contribution in [1.82, 2.24) is 10.6 Å². The van der Waals surface area contributed by atoms with E-state index in [9.17, 15) is 14.4 Å². The molecule has 2 N–H and O–H groups in total. The van der Waals surface area contributed by atoms with Gasteiger partial charge in [0.1, 0.15) is 12.2 Å². The Labute approximate surface area is 238 Å². The van der Waals surface area contributed by atoms with Crippen LogP contribution in [0.5, 0.6) is 0 Å². The summed E-state index contributed by atoms with van der Waals surface area (Å²) in [4.78, 5) is 41.0. The molecule has 0 aliphatic rings. The molecular weight excluding hydrogens is 518 g/mol. The van der Waals surface area contributed by atoms with Crippen LogP contribution in [0.15, 0.2) is 29.4 Å².